The summed E-state index contributed by atoms with van der Waals surface area (Å²) < 4.78 is 11.7. The summed E-state index contributed by atoms with van der Waals surface area (Å²) in [6.45, 7) is 6.79. The lowest BCUT2D eigenvalue weighted by atomic mass is 9.56. The molecule has 1 aliphatic carbocycles. The van der Waals surface area contributed by atoms with Gasteiger partial charge in [0.1, 0.15) is 5.75 Å². The fourth-order valence-electron chi connectivity index (χ4n) is 6.01. The second-order valence-corrected chi connectivity index (χ2v) is 9.44. The quantitative estimate of drug-likeness (QED) is 0.589. The molecule has 0 bridgehead atoms. The SMILES string of the molecule is C=CCN1CCC2(c3cccc(OC)c3)C[C@H](N(C)C(=O)c3ccccc3)CC(OC)C2C1. The number of ether oxygens (including phenoxy) is 2. The number of methoxy groups -OCH3 is 2. The van der Waals surface area contributed by atoms with Crippen LogP contribution in [-0.4, -0.2) is 68.8 Å². The number of carbonyl (C=O) groups is 1. The van der Waals surface area contributed by atoms with Gasteiger partial charge < -0.3 is 14.4 Å². The van der Waals surface area contributed by atoms with Gasteiger partial charge in [-0.3, -0.25) is 9.69 Å². The summed E-state index contributed by atoms with van der Waals surface area (Å²) >= 11 is 0. The van der Waals surface area contributed by atoms with Gasteiger partial charge in [-0.15, -0.1) is 6.58 Å². The predicted molar refractivity (Wildman–Crippen MR) is 132 cm³/mol. The molecule has 3 unspecified atom stereocenters. The lowest BCUT2D eigenvalue weighted by Gasteiger charge is -2.56. The highest BCUT2D eigenvalue weighted by Crippen LogP contribution is 2.51. The van der Waals surface area contributed by atoms with Crippen molar-refractivity contribution in [2.45, 2.75) is 36.8 Å². The van der Waals surface area contributed by atoms with E-state index < -0.39 is 0 Å². The van der Waals surface area contributed by atoms with Crippen molar-refractivity contribution < 1.29 is 14.3 Å². The molecule has 1 heterocycles. The first-order valence-corrected chi connectivity index (χ1v) is 11.8. The molecule has 4 atom stereocenters. The van der Waals surface area contributed by atoms with E-state index in [9.17, 15) is 4.79 Å². The second kappa shape index (κ2) is 10.1. The summed E-state index contributed by atoms with van der Waals surface area (Å²) in [5.74, 6) is 1.28. The molecular weight excluding hydrogens is 412 g/mol. The van der Waals surface area contributed by atoms with Crippen LogP contribution in [0.5, 0.6) is 5.75 Å². The van der Waals surface area contributed by atoms with Crippen molar-refractivity contribution in [3.63, 3.8) is 0 Å². The maximum atomic E-state index is 13.3. The zero-order chi connectivity index (χ0) is 23.4. The van der Waals surface area contributed by atoms with E-state index in [2.05, 4.69) is 29.7 Å². The zero-order valence-electron chi connectivity index (χ0n) is 20.1. The first-order valence-electron chi connectivity index (χ1n) is 11.8. The average Bonchev–Trinajstić information content (AvgIpc) is 2.87. The first-order chi connectivity index (χ1) is 16.0. The molecule has 2 aliphatic rings. The zero-order valence-corrected chi connectivity index (χ0v) is 20.1. The van der Waals surface area contributed by atoms with Crippen molar-refractivity contribution in [3.05, 3.63) is 78.4 Å². The van der Waals surface area contributed by atoms with Gasteiger partial charge in [0.05, 0.1) is 13.2 Å². The number of nitrogens with zero attached hydrogens (tertiary/aromatic N) is 2. The van der Waals surface area contributed by atoms with Gasteiger partial charge in [0, 0.05) is 50.2 Å². The fourth-order valence-corrected chi connectivity index (χ4v) is 6.01. The maximum Gasteiger partial charge on any atom is 0.253 e. The third kappa shape index (κ3) is 4.57. The number of benzene rings is 2. The fraction of sp³-hybridized carbons (Fsp3) is 0.464. The van der Waals surface area contributed by atoms with Crippen LogP contribution in [0.25, 0.3) is 0 Å². The van der Waals surface area contributed by atoms with Crippen LogP contribution in [0.2, 0.25) is 0 Å². The van der Waals surface area contributed by atoms with E-state index >= 15 is 0 Å². The van der Waals surface area contributed by atoms with Gasteiger partial charge in [0.2, 0.25) is 0 Å². The Hall–Kier alpha value is -2.63. The topological polar surface area (TPSA) is 42.0 Å². The lowest BCUT2D eigenvalue weighted by molar-refractivity contribution is -0.0772. The van der Waals surface area contributed by atoms with Crippen LogP contribution in [0.4, 0.5) is 0 Å². The minimum Gasteiger partial charge on any atom is -0.497 e. The van der Waals surface area contributed by atoms with Crippen LogP contribution in [0.3, 0.4) is 0 Å². The molecule has 1 amide bonds. The number of rotatable bonds is 7. The van der Waals surface area contributed by atoms with Crippen LogP contribution in [-0.2, 0) is 10.2 Å². The van der Waals surface area contributed by atoms with Crippen LogP contribution < -0.4 is 4.74 Å². The summed E-state index contributed by atoms with van der Waals surface area (Å²) in [6.07, 6.45) is 4.82. The Morgan fingerprint density at radius 3 is 2.70 bits per heavy atom. The summed E-state index contributed by atoms with van der Waals surface area (Å²) in [7, 11) is 5.48. The molecule has 176 valence electrons. The van der Waals surface area contributed by atoms with Crippen LogP contribution in [0.15, 0.2) is 67.3 Å². The Bertz CT molecular complexity index is 963. The van der Waals surface area contributed by atoms with Gasteiger partial charge in [-0.1, -0.05) is 36.4 Å². The molecular formula is C28H36N2O3. The summed E-state index contributed by atoms with van der Waals surface area (Å²) in [5.41, 5.74) is 1.94. The summed E-state index contributed by atoms with van der Waals surface area (Å²) in [4.78, 5) is 17.7. The van der Waals surface area contributed by atoms with Crippen molar-refractivity contribution in [1.82, 2.24) is 9.80 Å². The van der Waals surface area contributed by atoms with E-state index in [0.717, 1.165) is 50.2 Å². The molecule has 5 nitrogen and oxygen atoms in total. The lowest BCUT2D eigenvalue weighted by Crippen LogP contribution is -2.61. The van der Waals surface area contributed by atoms with Crippen molar-refractivity contribution in [2.24, 2.45) is 5.92 Å². The molecule has 1 aliphatic heterocycles. The van der Waals surface area contributed by atoms with Gasteiger partial charge in [-0.25, -0.2) is 0 Å². The average molecular weight is 449 g/mol. The van der Waals surface area contributed by atoms with Crippen molar-refractivity contribution >= 4 is 5.91 Å². The Kier molecular flexibility index (Phi) is 7.20. The Morgan fingerprint density at radius 2 is 2.00 bits per heavy atom. The van der Waals surface area contributed by atoms with E-state index in [4.69, 9.17) is 9.47 Å². The number of fused-ring (bicyclic) bond motifs is 1. The number of amides is 1. The monoisotopic (exact) mass is 448 g/mol. The number of likely N-dealkylation sites (tertiary alicyclic amines) is 1. The van der Waals surface area contributed by atoms with Crippen LogP contribution >= 0.6 is 0 Å². The highest BCUT2D eigenvalue weighted by atomic mass is 16.5. The van der Waals surface area contributed by atoms with E-state index in [1.54, 1.807) is 7.11 Å². The highest BCUT2D eigenvalue weighted by molar-refractivity contribution is 5.94. The van der Waals surface area contributed by atoms with Crippen molar-refractivity contribution in [1.29, 1.82) is 0 Å². The Morgan fingerprint density at radius 1 is 1.21 bits per heavy atom. The molecule has 0 aromatic heterocycles. The minimum absolute atomic E-state index is 0.0635. The minimum atomic E-state index is -0.0823. The molecule has 4 rings (SSSR count). The molecule has 2 aromatic carbocycles. The van der Waals surface area contributed by atoms with E-state index in [1.165, 1.54) is 5.56 Å². The summed E-state index contributed by atoms with van der Waals surface area (Å²) in [5, 5.41) is 0. The maximum absolute atomic E-state index is 13.3. The second-order valence-electron chi connectivity index (χ2n) is 9.44. The number of hydrogen-bond donors (Lipinski definition) is 0. The molecule has 1 saturated carbocycles. The standard InChI is InChI=1S/C28H36N2O3/c1-5-15-30-16-14-28(22-12-9-13-24(17-22)32-3)19-23(18-26(33-4)25(28)20-30)29(2)27(31)21-10-7-6-8-11-21/h5-13,17,23,25-26H,1,14-16,18-20H2,2-4H3/t23-,25?,26?,28?/m1/s1. The third-order valence-electron chi connectivity index (χ3n) is 7.82. The number of carbonyl (C=O) groups excluding carboxylic acids is 1. The molecule has 5 heteroatoms. The molecule has 1 saturated heterocycles. The van der Waals surface area contributed by atoms with Crippen molar-refractivity contribution in [2.75, 3.05) is 40.9 Å². The van der Waals surface area contributed by atoms with Gasteiger partial charge in [0.15, 0.2) is 0 Å². The van der Waals surface area contributed by atoms with Gasteiger partial charge in [-0.2, -0.15) is 0 Å². The smallest absolute Gasteiger partial charge is 0.253 e. The van der Waals surface area contributed by atoms with E-state index in [1.807, 2.05) is 61.5 Å². The Balaban J connectivity index is 1.71. The molecule has 2 fully saturated rings. The molecule has 0 N–H and O–H groups in total. The first kappa shape index (κ1) is 23.5. The van der Waals surface area contributed by atoms with Gasteiger partial charge in [-0.05, 0) is 55.6 Å². The third-order valence-corrected chi connectivity index (χ3v) is 7.82. The van der Waals surface area contributed by atoms with E-state index in [0.29, 0.717) is 5.92 Å². The molecule has 33 heavy (non-hydrogen) atoms. The molecule has 0 radical (unpaired) electrons. The highest BCUT2D eigenvalue weighted by Gasteiger charge is 2.53. The largest absolute Gasteiger partial charge is 0.497 e. The number of piperidine rings is 1. The number of hydrogen-bond acceptors (Lipinski definition) is 4. The summed E-state index contributed by atoms with van der Waals surface area (Å²) in [6, 6.07) is 18.2. The Labute approximate surface area is 198 Å². The normalized spacial score (nSPS) is 27.4. The van der Waals surface area contributed by atoms with E-state index in [-0.39, 0.29) is 23.5 Å². The molecule has 2 aromatic rings. The molecule has 0 spiro atoms. The van der Waals surface area contributed by atoms with Crippen LogP contribution in [0.1, 0.15) is 35.2 Å². The van der Waals surface area contributed by atoms with Gasteiger partial charge in [0.25, 0.3) is 5.91 Å². The van der Waals surface area contributed by atoms with Gasteiger partial charge >= 0.3 is 0 Å². The van der Waals surface area contributed by atoms with Crippen molar-refractivity contribution in [3.8, 4) is 5.75 Å². The predicted octanol–water partition coefficient (Wildman–Crippen LogP) is 4.39. The van der Waals surface area contributed by atoms with Crippen LogP contribution in [0, 0.1) is 5.92 Å².